The minimum absolute atomic E-state index is 0.469. The maximum atomic E-state index is 5.45. The van der Waals surface area contributed by atoms with Gasteiger partial charge >= 0.3 is 0 Å². The zero-order valence-corrected chi connectivity index (χ0v) is 19.6. The number of imidazole rings is 2. The molecule has 5 aromatic rings. The molecule has 0 spiro atoms. The Morgan fingerprint density at radius 1 is 1.09 bits per heavy atom. The lowest BCUT2D eigenvalue weighted by molar-refractivity contribution is 0.0398. The number of morpholine rings is 1. The summed E-state index contributed by atoms with van der Waals surface area (Å²) in [6.45, 7) is 5.14. The average molecular weight is 476 g/mol. The Kier molecular flexibility index (Phi) is 5.57. The van der Waals surface area contributed by atoms with Crippen molar-refractivity contribution in [3.05, 3.63) is 47.4 Å². The number of nitrogens with one attached hydrogen (secondary N) is 2. The summed E-state index contributed by atoms with van der Waals surface area (Å²) >= 11 is 1.64. The highest BCUT2D eigenvalue weighted by molar-refractivity contribution is 7.08. The van der Waals surface area contributed by atoms with Crippen molar-refractivity contribution in [1.29, 1.82) is 0 Å². The molecule has 1 aliphatic heterocycles. The van der Waals surface area contributed by atoms with Crippen molar-refractivity contribution < 1.29 is 4.74 Å². The van der Waals surface area contributed by atoms with E-state index in [9.17, 15) is 0 Å². The molecule has 4 aromatic heterocycles. The van der Waals surface area contributed by atoms with E-state index in [-0.39, 0.29) is 0 Å². The van der Waals surface area contributed by atoms with Crippen LogP contribution in [0.2, 0.25) is 0 Å². The largest absolute Gasteiger partial charge is 0.379 e. The van der Waals surface area contributed by atoms with Gasteiger partial charge in [0.05, 0.1) is 29.9 Å². The number of ether oxygens (including phenoxy) is 1. The summed E-state index contributed by atoms with van der Waals surface area (Å²) in [5, 5.41) is 10.9. The van der Waals surface area contributed by atoms with Crippen LogP contribution in [0.15, 0.2) is 47.4 Å². The summed E-state index contributed by atoms with van der Waals surface area (Å²) in [5.41, 5.74) is 4.46. The lowest BCUT2D eigenvalue weighted by Crippen LogP contribution is -2.39. The van der Waals surface area contributed by atoms with Gasteiger partial charge in [0.25, 0.3) is 0 Å². The predicted octanol–water partition coefficient (Wildman–Crippen LogP) is 3.25. The van der Waals surface area contributed by atoms with E-state index in [1.165, 1.54) is 0 Å². The van der Waals surface area contributed by atoms with Crippen molar-refractivity contribution in [2.24, 2.45) is 7.05 Å². The summed E-state index contributed by atoms with van der Waals surface area (Å²) in [5.74, 6) is 1.85. The second kappa shape index (κ2) is 9.01. The molecule has 1 aliphatic rings. The van der Waals surface area contributed by atoms with Crippen LogP contribution in [-0.4, -0.2) is 73.4 Å². The van der Waals surface area contributed by atoms with Crippen LogP contribution in [0.4, 0.5) is 17.7 Å². The molecule has 34 heavy (non-hydrogen) atoms. The van der Waals surface area contributed by atoms with Gasteiger partial charge in [-0.15, -0.1) is 0 Å². The third-order valence-corrected chi connectivity index (χ3v) is 6.69. The third kappa shape index (κ3) is 3.98. The van der Waals surface area contributed by atoms with Gasteiger partial charge in [0, 0.05) is 38.6 Å². The smallest absolute Gasteiger partial charge is 0.233 e. The van der Waals surface area contributed by atoms with Gasteiger partial charge in [0.15, 0.2) is 17.0 Å². The molecule has 0 amide bonds. The number of fused-ring (bicyclic) bond motifs is 2. The van der Waals surface area contributed by atoms with Gasteiger partial charge in [-0.05, 0) is 23.6 Å². The number of rotatable bonds is 7. The molecule has 1 fully saturated rings. The van der Waals surface area contributed by atoms with Crippen LogP contribution >= 0.6 is 11.3 Å². The third-order valence-electron chi connectivity index (χ3n) is 6.02. The zero-order valence-electron chi connectivity index (χ0n) is 18.8. The quantitative estimate of drug-likeness (QED) is 0.370. The van der Waals surface area contributed by atoms with Crippen molar-refractivity contribution in [2.75, 3.05) is 50.0 Å². The fourth-order valence-corrected chi connectivity index (χ4v) is 4.81. The number of anilines is 3. The fraction of sp³-hybridized carbons (Fsp3) is 0.304. The second-order valence-corrected chi connectivity index (χ2v) is 8.93. The molecule has 0 atom stereocenters. The highest BCUT2D eigenvalue weighted by Gasteiger charge is 2.17. The van der Waals surface area contributed by atoms with E-state index in [1.54, 1.807) is 17.7 Å². The molecule has 0 aliphatic carbocycles. The average Bonchev–Trinajstić information content (AvgIpc) is 3.60. The van der Waals surface area contributed by atoms with Gasteiger partial charge in [-0.3, -0.25) is 14.8 Å². The summed E-state index contributed by atoms with van der Waals surface area (Å²) in [4.78, 5) is 21.3. The number of nitrogens with zero attached hydrogens (tertiary/aromatic N) is 7. The van der Waals surface area contributed by atoms with Gasteiger partial charge in [0.2, 0.25) is 11.9 Å². The normalized spacial score (nSPS) is 14.7. The molecular formula is C23H25N9OS. The number of hydrogen-bond acceptors (Lipinski definition) is 9. The zero-order chi connectivity index (χ0) is 22.9. The minimum atomic E-state index is 0.469. The summed E-state index contributed by atoms with van der Waals surface area (Å²) in [6.07, 6.45) is 1.80. The fourth-order valence-electron chi connectivity index (χ4n) is 4.18. The molecule has 0 bridgehead atoms. The lowest BCUT2D eigenvalue weighted by Gasteiger charge is -2.26. The summed E-state index contributed by atoms with van der Waals surface area (Å²) in [6, 6.07) is 10.1. The molecule has 0 saturated carbocycles. The first-order chi connectivity index (χ1) is 16.8. The van der Waals surface area contributed by atoms with Crippen molar-refractivity contribution in [3.63, 3.8) is 0 Å². The van der Waals surface area contributed by atoms with Gasteiger partial charge in [-0.1, -0.05) is 12.1 Å². The first kappa shape index (κ1) is 21.0. The molecule has 0 unspecified atom stereocenters. The van der Waals surface area contributed by atoms with E-state index in [0.717, 1.165) is 67.3 Å². The molecule has 5 heterocycles. The topological polar surface area (TPSA) is 98.0 Å². The van der Waals surface area contributed by atoms with Gasteiger partial charge in [-0.2, -0.15) is 21.3 Å². The summed E-state index contributed by atoms with van der Waals surface area (Å²) < 4.78 is 9.44. The maximum absolute atomic E-state index is 5.45. The molecule has 174 valence electrons. The number of aryl methyl sites for hydroxylation is 1. The Balaban J connectivity index is 1.34. The van der Waals surface area contributed by atoms with E-state index in [0.29, 0.717) is 17.7 Å². The molecule has 2 N–H and O–H groups in total. The molecule has 1 saturated heterocycles. The van der Waals surface area contributed by atoms with Crippen LogP contribution in [0.25, 0.3) is 27.9 Å². The first-order valence-corrected chi connectivity index (χ1v) is 12.2. The standard InChI is InChI=1S/C23H25N9OS/c1-30-18-5-3-2-4-17(18)26-23(30)29-22-27-20(24-7-8-31-9-11-33-12-10-31)19-21(28-22)32(15-25-19)16-6-13-34-14-16/h2-6,13-15H,7-12H2,1H3,(H2,24,26,27,28,29). The monoisotopic (exact) mass is 475 g/mol. The molecule has 11 heteroatoms. The summed E-state index contributed by atoms with van der Waals surface area (Å²) in [7, 11) is 1.98. The van der Waals surface area contributed by atoms with Gasteiger partial charge < -0.3 is 14.6 Å². The number of para-hydroxylation sites is 2. The number of benzene rings is 1. The van der Waals surface area contributed by atoms with Crippen molar-refractivity contribution in [1.82, 2.24) is 34.0 Å². The molecular weight excluding hydrogens is 450 g/mol. The Labute approximate surface area is 200 Å². The van der Waals surface area contributed by atoms with E-state index in [1.807, 2.05) is 45.8 Å². The van der Waals surface area contributed by atoms with Crippen molar-refractivity contribution in [2.45, 2.75) is 0 Å². The van der Waals surface area contributed by atoms with Crippen LogP contribution in [0.5, 0.6) is 0 Å². The lowest BCUT2D eigenvalue weighted by atomic mass is 10.3. The predicted molar refractivity (Wildman–Crippen MR) is 134 cm³/mol. The molecule has 0 radical (unpaired) electrons. The van der Waals surface area contributed by atoms with Gasteiger partial charge in [0.1, 0.15) is 6.33 Å². The number of hydrogen-bond donors (Lipinski definition) is 2. The second-order valence-electron chi connectivity index (χ2n) is 8.15. The molecule has 6 rings (SSSR count). The highest BCUT2D eigenvalue weighted by atomic mass is 32.1. The first-order valence-electron chi connectivity index (χ1n) is 11.3. The Morgan fingerprint density at radius 2 is 1.97 bits per heavy atom. The highest BCUT2D eigenvalue weighted by Crippen LogP contribution is 2.26. The number of aromatic nitrogens is 6. The van der Waals surface area contributed by atoms with Crippen molar-refractivity contribution >= 4 is 51.2 Å². The Bertz CT molecular complexity index is 1420. The number of thiophene rings is 1. The van der Waals surface area contributed by atoms with Crippen molar-refractivity contribution in [3.8, 4) is 5.69 Å². The molecule has 10 nitrogen and oxygen atoms in total. The van der Waals surface area contributed by atoms with Crippen LogP contribution in [0, 0.1) is 0 Å². The van der Waals surface area contributed by atoms with Crippen LogP contribution < -0.4 is 10.6 Å². The van der Waals surface area contributed by atoms with Gasteiger partial charge in [-0.25, -0.2) is 9.97 Å². The van der Waals surface area contributed by atoms with Crippen LogP contribution in [0.1, 0.15) is 0 Å². The van der Waals surface area contributed by atoms with Crippen LogP contribution in [-0.2, 0) is 11.8 Å². The maximum Gasteiger partial charge on any atom is 0.233 e. The van der Waals surface area contributed by atoms with Crippen LogP contribution in [0.3, 0.4) is 0 Å². The van der Waals surface area contributed by atoms with E-state index < -0.39 is 0 Å². The Hall–Kier alpha value is -3.54. The minimum Gasteiger partial charge on any atom is -0.379 e. The van der Waals surface area contributed by atoms with E-state index in [4.69, 9.17) is 19.7 Å². The van der Waals surface area contributed by atoms with E-state index >= 15 is 0 Å². The SMILES string of the molecule is Cn1c(Nc2nc(NCCN3CCOCC3)c3ncn(-c4ccsc4)c3n2)nc2ccccc21. The Morgan fingerprint density at radius 3 is 2.79 bits per heavy atom. The molecule has 1 aromatic carbocycles. The van der Waals surface area contributed by atoms with E-state index in [2.05, 4.69) is 32.0 Å².